The molecule has 2 heterocycles. The summed E-state index contributed by atoms with van der Waals surface area (Å²) in [5.74, 6) is 0.876. The van der Waals surface area contributed by atoms with E-state index < -0.39 is 10.0 Å². The summed E-state index contributed by atoms with van der Waals surface area (Å²) in [6.07, 6.45) is 0.658. The van der Waals surface area contributed by atoms with Gasteiger partial charge in [0.1, 0.15) is 4.21 Å². The van der Waals surface area contributed by atoms with Gasteiger partial charge in [-0.25, -0.2) is 8.42 Å². The number of thiophene rings is 1. The zero-order valence-electron chi connectivity index (χ0n) is 10.0. The zero-order chi connectivity index (χ0) is 13.2. The molecular weight excluding hydrogens is 274 g/mol. The van der Waals surface area contributed by atoms with E-state index in [2.05, 4.69) is 10.1 Å². The van der Waals surface area contributed by atoms with Crippen LogP contribution in [0.2, 0.25) is 0 Å². The molecule has 2 aromatic heterocycles. The monoisotopic (exact) mass is 287 g/mol. The molecule has 8 heteroatoms. The standard InChI is InChI=1S/C10H13N3O3S2/c1-3-8-11-9(16-12-8)7-13(2)18(14,15)10-5-4-6-17-10/h4-6H,3,7H2,1-2H3. The topological polar surface area (TPSA) is 76.3 Å². The smallest absolute Gasteiger partial charge is 0.252 e. The first kappa shape index (κ1) is 13.2. The summed E-state index contributed by atoms with van der Waals surface area (Å²) in [7, 11) is -1.98. The van der Waals surface area contributed by atoms with Crippen molar-refractivity contribution in [2.75, 3.05) is 7.05 Å². The van der Waals surface area contributed by atoms with Gasteiger partial charge in [-0.2, -0.15) is 9.29 Å². The van der Waals surface area contributed by atoms with Crippen LogP contribution in [0.4, 0.5) is 0 Å². The van der Waals surface area contributed by atoms with E-state index in [-0.39, 0.29) is 6.54 Å². The highest BCUT2D eigenvalue weighted by atomic mass is 32.2. The first-order valence-electron chi connectivity index (χ1n) is 5.35. The fourth-order valence-electron chi connectivity index (χ4n) is 1.34. The van der Waals surface area contributed by atoms with Gasteiger partial charge >= 0.3 is 0 Å². The first-order chi connectivity index (χ1) is 8.54. The second kappa shape index (κ2) is 5.17. The van der Waals surface area contributed by atoms with Crippen molar-refractivity contribution in [3.8, 4) is 0 Å². The highest BCUT2D eigenvalue weighted by Crippen LogP contribution is 2.20. The lowest BCUT2D eigenvalue weighted by molar-refractivity contribution is 0.334. The minimum Gasteiger partial charge on any atom is -0.338 e. The van der Waals surface area contributed by atoms with Crippen LogP contribution in [0.15, 0.2) is 26.2 Å². The van der Waals surface area contributed by atoms with Crippen molar-refractivity contribution in [3.05, 3.63) is 29.2 Å². The Morgan fingerprint density at radius 3 is 2.83 bits per heavy atom. The average molecular weight is 287 g/mol. The van der Waals surface area contributed by atoms with Crippen LogP contribution >= 0.6 is 11.3 Å². The molecule has 0 bridgehead atoms. The van der Waals surface area contributed by atoms with Crippen molar-refractivity contribution >= 4 is 21.4 Å². The predicted molar refractivity (Wildman–Crippen MR) is 66.6 cm³/mol. The molecule has 0 aliphatic heterocycles. The summed E-state index contributed by atoms with van der Waals surface area (Å²) < 4.78 is 30.7. The van der Waals surface area contributed by atoms with E-state index in [0.717, 1.165) is 0 Å². The molecule has 98 valence electrons. The second-order valence-electron chi connectivity index (χ2n) is 3.65. The van der Waals surface area contributed by atoms with Crippen LogP contribution in [0, 0.1) is 0 Å². The van der Waals surface area contributed by atoms with E-state index >= 15 is 0 Å². The Kier molecular flexibility index (Phi) is 3.79. The van der Waals surface area contributed by atoms with Gasteiger partial charge in [-0.05, 0) is 11.4 Å². The van der Waals surface area contributed by atoms with Crippen molar-refractivity contribution in [1.29, 1.82) is 0 Å². The van der Waals surface area contributed by atoms with Gasteiger partial charge in [-0.15, -0.1) is 11.3 Å². The number of nitrogens with zero attached hydrogens (tertiary/aromatic N) is 3. The van der Waals surface area contributed by atoms with Crippen LogP contribution in [0.1, 0.15) is 18.6 Å². The van der Waals surface area contributed by atoms with Crippen molar-refractivity contribution in [2.24, 2.45) is 0 Å². The summed E-state index contributed by atoms with van der Waals surface area (Å²) in [5, 5.41) is 5.45. The van der Waals surface area contributed by atoms with Gasteiger partial charge in [-0.3, -0.25) is 0 Å². The molecule has 0 fully saturated rings. The second-order valence-corrected chi connectivity index (χ2v) is 6.87. The van der Waals surface area contributed by atoms with E-state index in [1.165, 1.54) is 22.7 Å². The molecule has 0 aromatic carbocycles. The van der Waals surface area contributed by atoms with Crippen molar-refractivity contribution in [2.45, 2.75) is 24.1 Å². The maximum Gasteiger partial charge on any atom is 0.252 e. The molecule has 0 radical (unpaired) electrons. The number of aromatic nitrogens is 2. The molecule has 6 nitrogen and oxygen atoms in total. The van der Waals surface area contributed by atoms with Crippen LogP contribution < -0.4 is 0 Å². The molecule has 2 rings (SSSR count). The average Bonchev–Trinajstić information content (AvgIpc) is 2.99. The molecule has 0 N–H and O–H groups in total. The minimum atomic E-state index is -3.47. The highest BCUT2D eigenvalue weighted by molar-refractivity contribution is 7.91. The van der Waals surface area contributed by atoms with Crippen LogP contribution in [0.5, 0.6) is 0 Å². The molecular formula is C10H13N3O3S2. The number of aryl methyl sites for hydroxylation is 1. The van der Waals surface area contributed by atoms with Crippen LogP contribution in [0.25, 0.3) is 0 Å². The number of hydrogen-bond acceptors (Lipinski definition) is 6. The van der Waals surface area contributed by atoms with E-state index in [0.29, 0.717) is 22.3 Å². The molecule has 0 aliphatic carbocycles. The fraction of sp³-hybridized carbons (Fsp3) is 0.400. The Labute approximate surface area is 109 Å². The SMILES string of the molecule is CCc1noc(CN(C)S(=O)(=O)c2cccs2)n1. The van der Waals surface area contributed by atoms with E-state index in [4.69, 9.17) is 4.52 Å². The van der Waals surface area contributed by atoms with Crippen LogP contribution in [-0.2, 0) is 23.0 Å². The maximum absolute atomic E-state index is 12.1. The zero-order valence-corrected chi connectivity index (χ0v) is 11.7. The normalized spacial score (nSPS) is 12.2. The third kappa shape index (κ3) is 2.60. The molecule has 0 spiro atoms. The summed E-state index contributed by atoms with van der Waals surface area (Å²) >= 11 is 1.18. The van der Waals surface area contributed by atoms with Crippen molar-refractivity contribution in [3.63, 3.8) is 0 Å². The van der Waals surface area contributed by atoms with E-state index in [1.807, 2.05) is 6.92 Å². The maximum atomic E-state index is 12.1. The van der Waals surface area contributed by atoms with E-state index in [9.17, 15) is 8.42 Å². The Morgan fingerprint density at radius 1 is 1.50 bits per heavy atom. The molecule has 0 amide bonds. The molecule has 18 heavy (non-hydrogen) atoms. The summed E-state index contributed by atoms with van der Waals surface area (Å²) in [6, 6.07) is 3.27. The highest BCUT2D eigenvalue weighted by Gasteiger charge is 2.23. The quantitative estimate of drug-likeness (QED) is 0.833. The summed E-state index contributed by atoms with van der Waals surface area (Å²) in [5.41, 5.74) is 0. The molecule has 2 aromatic rings. The molecule has 0 saturated carbocycles. The van der Waals surface area contributed by atoms with Gasteiger partial charge in [0.2, 0.25) is 5.89 Å². The van der Waals surface area contributed by atoms with Gasteiger partial charge in [0, 0.05) is 13.5 Å². The molecule has 0 unspecified atom stereocenters. The van der Waals surface area contributed by atoms with Gasteiger partial charge in [0.05, 0.1) is 6.54 Å². The summed E-state index contributed by atoms with van der Waals surface area (Å²) in [6.45, 7) is 1.98. The number of hydrogen-bond donors (Lipinski definition) is 0. The summed E-state index contributed by atoms with van der Waals surface area (Å²) in [4.78, 5) is 4.08. The van der Waals surface area contributed by atoms with Gasteiger partial charge < -0.3 is 4.52 Å². The largest absolute Gasteiger partial charge is 0.338 e. The van der Waals surface area contributed by atoms with Crippen LogP contribution in [-0.4, -0.2) is 29.9 Å². The van der Waals surface area contributed by atoms with Crippen molar-refractivity contribution in [1.82, 2.24) is 14.4 Å². The van der Waals surface area contributed by atoms with Crippen LogP contribution in [0.3, 0.4) is 0 Å². The third-order valence-corrected chi connectivity index (χ3v) is 5.52. The Bertz CT molecular complexity index is 604. The van der Waals surface area contributed by atoms with Crippen molar-refractivity contribution < 1.29 is 12.9 Å². The Morgan fingerprint density at radius 2 is 2.28 bits per heavy atom. The lowest BCUT2D eigenvalue weighted by Crippen LogP contribution is -2.25. The number of rotatable bonds is 5. The van der Waals surface area contributed by atoms with Gasteiger partial charge in [-0.1, -0.05) is 18.1 Å². The van der Waals surface area contributed by atoms with Gasteiger partial charge in [0.25, 0.3) is 10.0 Å². The Hall–Kier alpha value is -1.25. The molecule has 0 atom stereocenters. The fourth-order valence-corrected chi connectivity index (χ4v) is 3.66. The predicted octanol–water partition coefficient (Wildman–Crippen LogP) is 1.51. The van der Waals surface area contributed by atoms with E-state index in [1.54, 1.807) is 17.5 Å². The number of sulfonamides is 1. The Balaban J connectivity index is 2.15. The molecule has 0 saturated heterocycles. The first-order valence-corrected chi connectivity index (χ1v) is 7.67. The lowest BCUT2D eigenvalue weighted by Gasteiger charge is -2.13. The molecule has 0 aliphatic rings. The lowest BCUT2D eigenvalue weighted by atomic mass is 10.5. The third-order valence-electron chi connectivity index (χ3n) is 2.34. The van der Waals surface area contributed by atoms with Gasteiger partial charge in [0.15, 0.2) is 5.82 Å². The minimum absolute atomic E-state index is 0.0766.